The molecule has 1 aromatic rings. The van der Waals surface area contributed by atoms with E-state index < -0.39 is 47.8 Å². The van der Waals surface area contributed by atoms with Crippen LogP contribution in [-0.4, -0.2) is 55.2 Å². The molecular formula is C12H17N3O7. The average molecular weight is 315 g/mol. The van der Waals surface area contributed by atoms with Crippen molar-refractivity contribution in [2.24, 2.45) is 5.73 Å². The van der Waals surface area contributed by atoms with E-state index >= 15 is 0 Å². The number of nitrogens with zero attached hydrogens (tertiary/aromatic N) is 1. The molecule has 2 heterocycles. The molecule has 2 rings (SSSR count). The fourth-order valence-corrected chi connectivity index (χ4v) is 2.28. The Kier molecular flexibility index (Phi) is 4.47. The predicted molar refractivity (Wildman–Crippen MR) is 72.2 cm³/mol. The highest BCUT2D eigenvalue weighted by Crippen LogP contribution is 2.30. The molecule has 0 amide bonds. The van der Waals surface area contributed by atoms with Crippen LogP contribution in [0.15, 0.2) is 15.8 Å². The molecule has 1 aromatic heterocycles. The molecule has 1 aliphatic heterocycles. The number of carbonyl (C=O) groups is 1. The van der Waals surface area contributed by atoms with Crippen LogP contribution in [0.25, 0.3) is 0 Å². The van der Waals surface area contributed by atoms with Crippen molar-refractivity contribution in [1.29, 1.82) is 0 Å². The zero-order chi connectivity index (χ0) is 16.6. The molecule has 1 saturated heterocycles. The van der Waals surface area contributed by atoms with Crippen molar-refractivity contribution in [3.8, 4) is 0 Å². The molecule has 0 radical (unpaired) electrons. The predicted octanol–water partition coefficient (Wildman–Crippen LogP) is -2.73. The van der Waals surface area contributed by atoms with E-state index in [1.807, 2.05) is 0 Å². The SMILES string of the molecule is Cc1cn([C@@H]2O[C@H](C[C@@H](N)C(=O)O)[C@@H](O)[C@H]2O)c(=O)[nH]c1=O. The Morgan fingerprint density at radius 2 is 2.09 bits per heavy atom. The van der Waals surface area contributed by atoms with Crippen molar-refractivity contribution >= 4 is 5.97 Å². The number of hydrogen-bond acceptors (Lipinski definition) is 7. The Balaban J connectivity index is 2.27. The number of rotatable bonds is 4. The summed E-state index contributed by atoms with van der Waals surface area (Å²) < 4.78 is 6.31. The van der Waals surface area contributed by atoms with E-state index in [0.29, 0.717) is 0 Å². The third kappa shape index (κ3) is 2.95. The van der Waals surface area contributed by atoms with Gasteiger partial charge in [0.15, 0.2) is 6.23 Å². The van der Waals surface area contributed by atoms with Gasteiger partial charge in [-0.25, -0.2) is 4.79 Å². The Hall–Kier alpha value is -2.01. The number of nitrogens with two attached hydrogens (primary N) is 1. The summed E-state index contributed by atoms with van der Waals surface area (Å²) in [6, 6.07) is -1.28. The molecular weight excluding hydrogens is 298 g/mol. The number of H-pyrrole nitrogens is 1. The summed E-state index contributed by atoms with van der Waals surface area (Å²) in [5.41, 5.74) is 4.21. The van der Waals surface area contributed by atoms with E-state index in [-0.39, 0.29) is 12.0 Å². The molecule has 5 atom stereocenters. The van der Waals surface area contributed by atoms with Gasteiger partial charge in [0.05, 0.1) is 6.10 Å². The van der Waals surface area contributed by atoms with Gasteiger partial charge in [0.25, 0.3) is 5.56 Å². The summed E-state index contributed by atoms with van der Waals surface area (Å²) in [5, 5.41) is 28.7. The standard InChI is InChI=1S/C12H17N3O7/c1-4-3-15(12(21)14-9(4)18)10-8(17)7(16)6(22-10)2-5(13)11(19)20/h3,5-8,10,16-17H,2,13H2,1H3,(H,19,20)(H,14,18,21)/t5-,6-,7-,8-,10-/m1/s1. The second-order valence-corrected chi connectivity index (χ2v) is 5.21. The van der Waals surface area contributed by atoms with E-state index in [1.165, 1.54) is 13.1 Å². The van der Waals surface area contributed by atoms with Crippen LogP contribution in [0.1, 0.15) is 18.2 Å². The number of carboxylic acid groups (broad SMARTS) is 1. The number of ether oxygens (including phenoxy) is 1. The first-order valence-corrected chi connectivity index (χ1v) is 6.54. The van der Waals surface area contributed by atoms with E-state index in [2.05, 4.69) is 4.98 Å². The molecule has 10 nitrogen and oxygen atoms in total. The molecule has 6 N–H and O–H groups in total. The zero-order valence-corrected chi connectivity index (χ0v) is 11.7. The summed E-state index contributed by atoms with van der Waals surface area (Å²) in [6.07, 6.45) is -4.21. The van der Waals surface area contributed by atoms with Gasteiger partial charge in [0.1, 0.15) is 18.2 Å². The minimum atomic E-state index is -1.46. The lowest BCUT2D eigenvalue weighted by atomic mass is 10.0. The maximum Gasteiger partial charge on any atom is 0.330 e. The lowest BCUT2D eigenvalue weighted by Crippen LogP contribution is -2.39. The molecule has 0 saturated carbocycles. The fourth-order valence-electron chi connectivity index (χ4n) is 2.28. The summed E-state index contributed by atoms with van der Waals surface area (Å²) in [5.74, 6) is -1.27. The van der Waals surface area contributed by atoms with Crippen molar-refractivity contribution in [1.82, 2.24) is 9.55 Å². The summed E-state index contributed by atoms with van der Waals surface area (Å²) >= 11 is 0. The second kappa shape index (κ2) is 6.01. The molecule has 0 aliphatic carbocycles. The third-order valence-electron chi connectivity index (χ3n) is 3.56. The average Bonchev–Trinajstić information content (AvgIpc) is 2.71. The first-order valence-electron chi connectivity index (χ1n) is 6.54. The number of aromatic nitrogens is 2. The van der Waals surface area contributed by atoms with Gasteiger partial charge >= 0.3 is 11.7 Å². The number of aromatic amines is 1. The molecule has 0 bridgehead atoms. The Morgan fingerprint density at radius 1 is 1.45 bits per heavy atom. The fraction of sp³-hybridized carbons (Fsp3) is 0.583. The van der Waals surface area contributed by atoms with Gasteiger partial charge in [-0.05, 0) is 6.92 Å². The summed E-state index contributed by atoms with van der Waals surface area (Å²) in [7, 11) is 0. The van der Waals surface area contributed by atoms with Crippen LogP contribution < -0.4 is 17.0 Å². The van der Waals surface area contributed by atoms with Crippen LogP contribution in [0.4, 0.5) is 0 Å². The van der Waals surface area contributed by atoms with E-state index in [1.54, 1.807) is 0 Å². The highest BCUT2D eigenvalue weighted by Gasteiger charge is 2.45. The van der Waals surface area contributed by atoms with Crippen LogP contribution in [-0.2, 0) is 9.53 Å². The molecule has 0 unspecified atom stereocenters. The molecule has 22 heavy (non-hydrogen) atoms. The summed E-state index contributed by atoms with van der Waals surface area (Å²) in [4.78, 5) is 35.9. The van der Waals surface area contributed by atoms with Gasteiger partial charge in [-0.2, -0.15) is 0 Å². The normalized spacial score (nSPS) is 29.5. The van der Waals surface area contributed by atoms with Crippen LogP contribution in [0.5, 0.6) is 0 Å². The van der Waals surface area contributed by atoms with E-state index in [4.69, 9.17) is 15.6 Å². The highest BCUT2D eigenvalue weighted by molar-refractivity contribution is 5.73. The minimum absolute atomic E-state index is 0.218. The summed E-state index contributed by atoms with van der Waals surface area (Å²) in [6.45, 7) is 1.46. The first-order chi connectivity index (χ1) is 10.2. The van der Waals surface area contributed by atoms with Crippen LogP contribution in [0, 0.1) is 6.92 Å². The number of aliphatic hydroxyl groups excluding tert-OH is 2. The minimum Gasteiger partial charge on any atom is -0.480 e. The maximum atomic E-state index is 11.8. The van der Waals surface area contributed by atoms with E-state index in [9.17, 15) is 24.6 Å². The van der Waals surface area contributed by atoms with Gasteiger partial charge in [0, 0.05) is 18.2 Å². The van der Waals surface area contributed by atoms with Crippen LogP contribution in [0.2, 0.25) is 0 Å². The molecule has 1 fully saturated rings. The number of nitrogens with one attached hydrogen (secondary N) is 1. The number of aliphatic carboxylic acids is 1. The van der Waals surface area contributed by atoms with Crippen molar-refractivity contribution in [2.75, 3.05) is 0 Å². The Morgan fingerprint density at radius 3 is 2.68 bits per heavy atom. The molecule has 0 spiro atoms. The molecule has 0 aromatic carbocycles. The Bertz CT molecular complexity index is 682. The van der Waals surface area contributed by atoms with Crippen molar-refractivity contribution in [3.63, 3.8) is 0 Å². The molecule has 1 aliphatic rings. The van der Waals surface area contributed by atoms with Gasteiger partial charge < -0.3 is 25.8 Å². The van der Waals surface area contributed by atoms with Gasteiger partial charge in [0.2, 0.25) is 0 Å². The lowest BCUT2D eigenvalue weighted by Gasteiger charge is -2.17. The largest absolute Gasteiger partial charge is 0.480 e. The van der Waals surface area contributed by atoms with E-state index in [0.717, 1.165) is 4.57 Å². The van der Waals surface area contributed by atoms with Gasteiger partial charge in [-0.15, -0.1) is 0 Å². The monoisotopic (exact) mass is 315 g/mol. The topological polar surface area (TPSA) is 168 Å². The van der Waals surface area contributed by atoms with Crippen molar-refractivity contribution < 1.29 is 24.9 Å². The maximum absolute atomic E-state index is 11.8. The first kappa shape index (κ1) is 16.4. The van der Waals surface area contributed by atoms with Crippen molar-refractivity contribution in [2.45, 2.75) is 43.9 Å². The number of aliphatic hydroxyl groups is 2. The molecule has 122 valence electrons. The smallest absolute Gasteiger partial charge is 0.330 e. The van der Waals surface area contributed by atoms with Crippen LogP contribution in [0.3, 0.4) is 0 Å². The highest BCUT2D eigenvalue weighted by atomic mass is 16.6. The lowest BCUT2D eigenvalue weighted by molar-refractivity contribution is -0.140. The number of aryl methyl sites for hydroxylation is 1. The second-order valence-electron chi connectivity index (χ2n) is 5.21. The van der Waals surface area contributed by atoms with Crippen molar-refractivity contribution in [3.05, 3.63) is 32.6 Å². The van der Waals surface area contributed by atoms with Gasteiger partial charge in [-0.1, -0.05) is 0 Å². The number of carboxylic acids is 1. The third-order valence-corrected chi connectivity index (χ3v) is 3.56. The van der Waals surface area contributed by atoms with Crippen LogP contribution >= 0.6 is 0 Å². The quantitative estimate of drug-likeness (QED) is 0.399. The zero-order valence-electron chi connectivity index (χ0n) is 11.7. The number of hydrogen-bond donors (Lipinski definition) is 5. The Labute approximate surface area is 123 Å². The van der Waals surface area contributed by atoms with Gasteiger partial charge in [-0.3, -0.25) is 19.1 Å². The molecule has 10 heteroatoms.